The summed E-state index contributed by atoms with van der Waals surface area (Å²) in [4.78, 5) is 0. The Bertz CT molecular complexity index is 1710. The summed E-state index contributed by atoms with van der Waals surface area (Å²) in [7, 11) is 0. The van der Waals surface area contributed by atoms with Crippen LogP contribution < -0.4 is 16.4 Å². The van der Waals surface area contributed by atoms with Gasteiger partial charge in [-0.3, -0.25) is 0 Å². The SMILES string of the molecule is c1ccc(B(c2ccccc2)c2ccc3c4ccccc4c4cccc5ccc2c3c54)cc1. The van der Waals surface area contributed by atoms with Crippen molar-refractivity contribution in [3.05, 3.63) is 127 Å². The Morgan fingerprint density at radius 1 is 0.333 bits per heavy atom. The van der Waals surface area contributed by atoms with Gasteiger partial charge in [-0.05, 0) is 43.1 Å². The van der Waals surface area contributed by atoms with Gasteiger partial charge >= 0.3 is 0 Å². The van der Waals surface area contributed by atoms with E-state index in [1.807, 2.05) is 0 Å². The van der Waals surface area contributed by atoms with Gasteiger partial charge in [0, 0.05) is 0 Å². The van der Waals surface area contributed by atoms with Crippen molar-refractivity contribution in [2.45, 2.75) is 0 Å². The zero-order valence-corrected chi connectivity index (χ0v) is 18.2. The molecule has 0 aliphatic rings. The van der Waals surface area contributed by atoms with Gasteiger partial charge in [-0.2, -0.15) is 0 Å². The predicted octanol–water partition coefficient (Wildman–Crippen LogP) is 6.25. The van der Waals surface area contributed by atoms with E-state index in [1.54, 1.807) is 0 Å². The van der Waals surface area contributed by atoms with Crippen molar-refractivity contribution >= 4 is 66.2 Å². The standard InChI is InChI=1S/C32H21B/c1-3-11-23(12-4-1)33(24-13-5-2-6-14-24)30-21-20-28-26-16-8-7-15-25(26)27-17-9-10-22-18-19-29(30)32(28)31(22)27/h1-21H. The fourth-order valence-electron chi connectivity index (χ4n) is 5.74. The van der Waals surface area contributed by atoms with E-state index in [0.29, 0.717) is 0 Å². The van der Waals surface area contributed by atoms with Crippen molar-refractivity contribution in [2.75, 3.05) is 0 Å². The van der Waals surface area contributed by atoms with Crippen LogP contribution in [0, 0.1) is 0 Å². The second-order valence-corrected chi connectivity index (χ2v) is 8.89. The van der Waals surface area contributed by atoms with Crippen molar-refractivity contribution in [3.8, 4) is 0 Å². The number of fused-ring (bicyclic) bond motifs is 3. The molecule has 7 rings (SSSR count). The maximum Gasteiger partial charge on any atom is 0.241 e. The Balaban J connectivity index is 1.65. The molecule has 1 heteroatoms. The van der Waals surface area contributed by atoms with Gasteiger partial charge in [0.05, 0.1) is 0 Å². The molecular weight excluding hydrogens is 395 g/mol. The summed E-state index contributed by atoms with van der Waals surface area (Å²) in [5, 5.41) is 10.8. The molecule has 0 nitrogen and oxygen atoms in total. The predicted molar refractivity (Wildman–Crippen MR) is 145 cm³/mol. The van der Waals surface area contributed by atoms with Crippen LogP contribution in [0.4, 0.5) is 0 Å². The molecule has 7 aromatic carbocycles. The molecule has 0 atom stereocenters. The maximum atomic E-state index is 2.36. The van der Waals surface area contributed by atoms with Crippen LogP contribution in [0.15, 0.2) is 127 Å². The monoisotopic (exact) mass is 416 g/mol. The fraction of sp³-hybridized carbons (Fsp3) is 0. The quantitative estimate of drug-likeness (QED) is 0.181. The third-order valence-corrected chi connectivity index (χ3v) is 7.14. The lowest BCUT2D eigenvalue weighted by Gasteiger charge is -2.21. The van der Waals surface area contributed by atoms with Gasteiger partial charge in [-0.25, -0.2) is 0 Å². The van der Waals surface area contributed by atoms with Crippen molar-refractivity contribution in [1.82, 2.24) is 0 Å². The second kappa shape index (κ2) is 7.22. The van der Waals surface area contributed by atoms with Gasteiger partial charge in [0.25, 0.3) is 0 Å². The first-order valence-corrected chi connectivity index (χ1v) is 11.6. The molecular formula is C32H21B. The third-order valence-electron chi connectivity index (χ3n) is 7.14. The number of hydrogen-bond acceptors (Lipinski definition) is 0. The van der Waals surface area contributed by atoms with E-state index in [1.165, 1.54) is 59.5 Å². The molecule has 0 aromatic heterocycles. The molecule has 0 spiro atoms. The lowest BCUT2D eigenvalue weighted by atomic mass is 9.36. The first kappa shape index (κ1) is 18.5. The first-order valence-electron chi connectivity index (χ1n) is 11.6. The van der Waals surface area contributed by atoms with Crippen molar-refractivity contribution < 1.29 is 0 Å². The fourth-order valence-corrected chi connectivity index (χ4v) is 5.74. The lowest BCUT2D eigenvalue weighted by Crippen LogP contribution is -2.52. The average Bonchev–Trinajstić information content (AvgIpc) is 2.90. The molecule has 0 saturated heterocycles. The highest BCUT2D eigenvalue weighted by atomic mass is 14.2. The summed E-state index contributed by atoms with van der Waals surface area (Å²) in [5.41, 5.74) is 4.01. The highest BCUT2D eigenvalue weighted by molar-refractivity contribution is 6.97. The summed E-state index contributed by atoms with van der Waals surface area (Å²) in [5.74, 6) is 0. The number of hydrogen-bond donors (Lipinski definition) is 0. The largest absolute Gasteiger partial charge is 0.241 e. The molecule has 0 heterocycles. The second-order valence-electron chi connectivity index (χ2n) is 8.89. The Kier molecular flexibility index (Phi) is 4.04. The van der Waals surface area contributed by atoms with E-state index in [2.05, 4.69) is 127 Å². The highest BCUT2D eigenvalue weighted by Gasteiger charge is 2.25. The minimum absolute atomic E-state index is 0.184. The number of rotatable bonds is 3. The molecule has 0 fully saturated rings. The van der Waals surface area contributed by atoms with Crippen LogP contribution in [0.1, 0.15) is 0 Å². The van der Waals surface area contributed by atoms with Gasteiger partial charge in [0.15, 0.2) is 0 Å². The molecule has 0 aliphatic heterocycles. The minimum atomic E-state index is 0.184. The molecule has 0 aliphatic carbocycles. The van der Waals surface area contributed by atoms with Crippen LogP contribution in [0.2, 0.25) is 0 Å². The summed E-state index contributed by atoms with van der Waals surface area (Å²) >= 11 is 0. The first-order chi connectivity index (χ1) is 16.4. The molecule has 0 amide bonds. The Hall–Kier alpha value is -4.10. The lowest BCUT2D eigenvalue weighted by molar-refractivity contribution is 1.73. The van der Waals surface area contributed by atoms with E-state index < -0.39 is 0 Å². The van der Waals surface area contributed by atoms with Crippen LogP contribution in [-0.2, 0) is 0 Å². The smallest absolute Gasteiger partial charge is 0.0686 e. The van der Waals surface area contributed by atoms with Crippen molar-refractivity contribution in [2.24, 2.45) is 0 Å². The molecule has 0 bridgehead atoms. The Morgan fingerprint density at radius 3 is 1.55 bits per heavy atom. The molecule has 7 aromatic rings. The van der Waals surface area contributed by atoms with Crippen LogP contribution in [0.5, 0.6) is 0 Å². The average molecular weight is 416 g/mol. The van der Waals surface area contributed by atoms with Gasteiger partial charge in [0.1, 0.15) is 0 Å². The Labute approximate surface area is 193 Å². The summed E-state index contributed by atoms with van der Waals surface area (Å²) < 4.78 is 0. The van der Waals surface area contributed by atoms with Crippen LogP contribution >= 0.6 is 0 Å². The third kappa shape index (κ3) is 2.72. The van der Waals surface area contributed by atoms with Crippen LogP contribution in [0.3, 0.4) is 0 Å². The Morgan fingerprint density at radius 2 is 0.879 bits per heavy atom. The van der Waals surface area contributed by atoms with E-state index in [0.717, 1.165) is 0 Å². The molecule has 0 radical (unpaired) electrons. The molecule has 0 N–H and O–H groups in total. The van der Waals surface area contributed by atoms with Gasteiger partial charge in [0.2, 0.25) is 6.71 Å². The van der Waals surface area contributed by atoms with Crippen LogP contribution in [-0.4, -0.2) is 6.71 Å². The highest BCUT2D eigenvalue weighted by Crippen LogP contribution is 2.39. The summed E-state index contributed by atoms with van der Waals surface area (Å²) in [6.07, 6.45) is 0. The van der Waals surface area contributed by atoms with E-state index in [9.17, 15) is 0 Å². The maximum absolute atomic E-state index is 2.36. The molecule has 152 valence electrons. The molecule has 33 heavy (non-hydrogen) atoms. The zero-order chi connectivity index (χ0) is 21.8. The normalized spacial score (nSPS) is 11.6. The van der Waals surface area contributed by atoms with Crippen molar-refractivity contribution in [1.29, 1.82) is 0 Å². The topological polar surface area (TPSA) is 0 Å². The van der Waals surface area contributed by atoms with E-state index in [-0.39, 0.29) is 6.71 Å². The summed E-state index contributed by atoms with van der Waals surface area (Å²) in [6, 6.07) is 46.7. The van der Waals surface area contributed by atoms with Gasteiger partial charge in [-0.15, -0.1) is 0 Å². The van der Waals surface area contributed by atoms with Crippen LogP contribution in [0.25, 0.3) is 43.1 Å². The van der Waals surface area contributed by atoms with Crippen molar-refractivity contribution in [3.63, 3.8) is 0 Å². The zero-order valence-electron chi connectivity index (χ0n) is 18.2. The molecule has 0 saturated carbocycles. The minimum Gasteiger partial charge on any atom is -0.0686 e. The van der Waals surface area contributed by atoms with Gasteiger partial charge < -0.3 is 0 Å². The summed E-state index contributed by atoms with van der Waals surface area (Å²) in [6.45, 7) is 0.184. The van der Waals surface area contributed by atoms with E-state index >= 15 is 0 Å². The van der Waals surface area contributed by atoms with Gasteiger partial charge in [-0.1, -0.05) is 144 Å². The number of benzene rings is 7. The molecule has 0 unspecified atom stereocenters. The van der Waals surface area contributed by atoms with E-state index in [4.69, 9.17) is 0 Å².